The van der Waals surface area contributed by atoms with Crippen molar-refractivity contribution in [3.05, 3.63) is 86.9 Å². The van der Waals surface area contributed by atoms with Crippen LogP contribution in [0.15, 0.2) is 70.9 Å². The number of fused-ring (bicyclic) bond motifs is 1. The molecule has 0 bridgehead atoms. The first-order valence-electron chi connectivity index (χ1n) is 8.65. The average Bonchev–Trinajstić information content (AvgIpc) is 3.11. The van der Waals surface area contributed by atoms with Gasteiger partial charge in [0.15, 0.2) is 5.16 Å². The maximum Gasteiger partial charge on any atom is 0.262 e. The third-order valence-corrected chi connectivity index (χ3v) is 5.72. The van der Waals surface area contributed by atoms with E-state index in [0.29, 0.717) is 44.9 Å². The molecule has 0 aliphatic rings. The molecule has 8 heteroatoms. The number of aromatic nitrogens is 4. The third kappa shape index (κ3) is 4.24. The molecule has 28 heavy (non-hydrogen) atoms. The number of thioether (sulfide) groups is 1. The van der Waals surface area contributed by atoms with Crippen molar-refractivity contribution in [1.82, 2.24) is 19.3 Å². The quantitative estimate of drug-likeness (QED) is 0.322. The Bertz CT molecular complexity index is 1190. The van der Waals surface area contributed by atoms with Crippen molar-refractivity contribution in [1.29, 1.82) is 0 Å². The van der Waals surface area contributed by atoms with E-state index in [4.69, 9.17) is 28.2 Å². The Balaban J connectivity index is 1.67. The van der Waals surface area contributed by atoms with Crippen molar-refractivity contribution in [2.75, 3.05) is 0 Å². The van der Waals surface area contributed by atoms with Gasteiger partial charge in [0.25, 0.3) is 5.56 Å². The predicted octanol–water partition coefficient (Wildman–Crippen LogP) is 4.89. The van der Waals surface area contributed by atoms with Gasteiger partial charge in [0, 0.05) is 23.5 Å². The zero-order valence-electron chi connectivity index (χ0n) is 14.8. The zero-order chi connectivity index (χ0) is 19.5. The van der Waals surface area contributed by atoms with Gasteiger partial charge in [-0.3, -0.25) is 14.0 Å². The number of aryl methyl sites for hydroxylation is 1. The highest BCUT2D eigenvalue weighted by Gasteiger charge is 2.12. The second-order valence-electron chi connectivity index (χ2n) is 6.21. The highest BCUT2D eigenvalue weighted by molar-refractivity contribution is 7.98. The van der Waals surface area contributed by atoms with Gasteiger partial charge in [0.1, 0.15) is 0 Å². The summed E-state index contributed by atoms with van der Waals surface area (Å²) in [6.45, 7) is 0.976. The van der Waals surface area contributed by atoms with E-state index >= 15 is 0 Å². The molecule has 0 saturated carbocycles. The molecule has 0 atom stereocenters. The molecule has 0 spiro atoms. The van der Waals surface area contributed by atoms with Gasteiger partial charge in [-0.05, 0) is 29.8 Å². The number of nitrogens with zero attached hydrogens (tertiary/aromatic N) is 4. The van der Waals surface area contributed by atoms with Crippen molar-refractivity contribution in [3.63, 3.8) is 0 Å². The van der Waals surface area contributed by atoms with Crippen LogP contribution in [0.25, 0.3) is 10.9 Å². The first kappa shape index (κ1) is 19.1. The number of hydrogen-bond acceptors (Lipinski definition) is 4. The molecule has 0 fully saturated rings. The van der Waals surface area contributed by atoms with Gasteiger partial charge in [-0.15, -0.1) is 0 Å². The summed E-state index contributed by atoms with van der Waals surface area (Å²) < 4.78 is 3.42. The molecule has 142 valence electrons. The minimum Gasteiger partial charge on any atom is -0.285 e. The van der Waals surface area contributed by atoms with E-state index in [-0.39, 0.29) is 5.56 Å². The Morgan fingerprint density at radius 2 is 1.86 bits per heavy atom. The zero-order valence-corrected chi connectivity index (χ0v) is 17.1. The highest BCUT2D eigenvalue weighted by Crippen LogP contribution is 2.23. The molecule has 2 aromatic carbocycles. The van der Waals surface area contributed by atoms with Crippen LogP contribution < -0.4 is 5.56 Å². The molecule has 2 heterocycles. The Morgan fingerprint density at radius 1 is 1.00 bits per heavy atom. The average molecular weight is 431 g/mol. The fourth-order valence-electron chi connectivity index (χ4n) is 2.89. The summed E-state index contributed by atoms with van der Waals surface area (Å²) in [7, 11) is 0. The lowest BCUT2D eigenvalue weighted by Crippen LogP contribution is -2.25. The Kier molecular flexibility index (Phi) is 5.71. The molecule has 0 aliphatic heterocycles. The van der Waals surface area contributed by atoms with E-state index in [1.165, 1.54) is 11.8 Å². The second kappa shape index (κ2) is 8.39. The molecule has 4 aromatic rings. The van der Waals surface area contributed by atoms with Crippen molar-refractivity contribution in [2.45, 2.75) is 24.0 Å². The Labute approximate surface area is 175 Å². The fraction of sp³-hybridized carbons (Fsp3) is 0.150. The number of halogens is 2. The molecule has 0 radical (unpaired) electrons. The Hall–Kier alpha value is -2.28. The van der Waals surface area contributed by atoms with Crippen molar-refractivity contribution in [3.8, 4) is 0 Å². The van der Waals surface area contributed by atoms with Gasteiger partial charge in [-0.25, -0.2) is 4.98 Å². The molecular formula is C20H16Cl2N4OS. The molecule has 0 saturated heterocycles. The first-order chi connectivity index (χ1) is 13.6. The van der Waals surface area contributed by atoms with Gasteiger partial charge in [-0.1, -0.05) is 59.2 Å². The number of benzene rings is 2. The summed E-state index contributed by atoms with van der Waals surface area (Å²) in [5.41, 5.74) is 1.71. The first-order valence-corrected chi connectivity index (χ1v) is 10.4. The van der Waals surface area contributed by atoms with Crippen molar-refractivity contribution in [2.24, 2.45) is 0 Å². The normalized spacial score (nSPS) is 11.2. The summed E-state index contributed by atoms with van der Waals surface area (Å²) >= 11 is 13.5. The molecule has 0 unspecified atom stereocenters. The van der Waals surface area contributed by atoms with Crippen molar-refractivity contribution < 1.29 is 0 Å². The smallest absolute Gasteiger partial charge is 0.262 e. The lowest BCUT2D eigenvalue weighted by molar-refractivity contribution is 0.492. The van der Waals surface area contributed by atoms with Gasteiger partial charge < -0.3 is 0 Å². The second-order valence-corrected chi connectivity index (χ2v) is 8.02. The molecular weight excluding hydrogens is 415 g/mol. The van der Waals surface area contributed by atoms with Crippen molar-refractivity contribution >= 4 is 45.9 Å². The Morgan fingerprint density at radius 3 is 2.64 bits per heavy atom. The standard InChI is InChI=1S/C20H16Cl2N4OS/c21-15-5-3-4-14(10-15)13-28-20-24-18-7-2-1-6-17(18)19(27)26(20)9-8-25-12-16(22)11-23-25/h1-7,10-12H,8-9,13H2. The SMILES string of the molecule is O=c1c2ccccc2nc(SCc2cccc(Cl)c2)n1CCn1cc(Cl)cn1. The van der Waals surface area contributed by atoms with Crippen LogP contribution in [0.5, 0.6) is 0 Å². The molecule has 4 rings (SSSR count). The number of para-hydroxylation sites is 1. The van der Waals surface area contributed by atoms with E-state index in [9.17, 15) is 4.79 Å². The van der Waals surface area contributed by atoms with Gasteiger partial charge in [0.2, 0.25) is 0 Å². The maximum absolute atomic E-state index is 13.1. The van der Waals surface area contributed by atoms with E-state index < -0.39 is 0 Å². The molecule has 0 aliphatic carbocycles. The van der Waals surface area contributed by atoms with E-state index in [2.05, 4.69) is 5.10 Å². The minimum atomic E-state index is -0.0579. The minimum absolute atomic E-state index is 0.0579. The summed E-state index contributed by atoms with van der Waals surface area (Å²) in [6, 6.07) is 15.1. The lowest BCUT2D eigenvalue weighted by atomic mass is 10.2. The highest BCUT2D eigenvalue weighted by atomic mass is 35.5. The van der Waals surface area contributed by atoms with E-state index in [1.54, 1.807) is 27.7 Å². The van der Waals surface area contributed by atoms with Crippen LogP contribution in [0.2, 0.25) is 10.0 Å². The fourth-order valence-corrected chi connectivity index (χ4v) is 4.23. The van der Waals surface area contributed by atoms with Crippen LogP contribution in [0.1, 0.15) is 5.56 Å². The summed E-state index contributed by atoms with van der Waals surface area (Å²) in [5, 5.41) is 6.72. The predicted molar refractivity (Wildman–Crippen MR) is 114 cm³/mol. The molecule has 5 nitrogen and oxygen atoms in total. The van der Waals surface area contributed by atoms with Crippen LogP contribution in [0.3, 0.4) is 0 Å². The molecule has 0 amide bonds. The van der Waals surface area contributed by atoms with Crippen LogP contribution in [0.4, 0.5) is 0 Å². The van der Waals surface area contributed by atoms with Crippen LogP contribution in [0, 0.1) is 0 Å². The van der Waals surface area contributed by atoms with Gasteiger partial charge in [-0.2, -0.15) is 5.10 Å². The monoisotopic (exact) mass is 430 g/mol. The topological polar surface area (TPSA) is 52.7 Å². The van der Waals surface area contributed by atoms with Crippen LogP contribution in [-0.4, -0.2) is 19.3 Å². The summed E-state index contributed by atoms with van der Waals surface area (Å²) in [5.74, 6) is 0.666. The van der Waals surface area contributed by atoms with Gasteiger partial charge in [0.05, 0.1) is 28.7 Å². The van der Waals surface area contributed by atoms with Crippen LogP contribution >= 0.6 is 35.0 Å². The number of hydrogen-bond donors (Lipinski definition) is 0. The number of rotatable bonds is 6. The van der Waals surface area contributed by atoms with E-state index in [0.717, 1.165) is 5.56 Å². The van der Waals surface area contributed by atoms with Gasteiger partial charge >= 0.3 is 0 Å². The third-order valence-electron chi connectivity index (χ3n) is 4.24. The molecule has 0 N–H and O–H groups in total. The van der Waals surface area contributed by atoms with Crippen LogP contribution in [-0.2, 0) is 18.8 Å². The lowest BCUT2D eigenvalue weighted by Gasteiger charge is -2.13. The van der Waals surface area contributed by atoms with E-state index in [1.807, 2.05) is 42.5 Å². The summed E-state index contributed by atoms with van der Waals surface area (Å²) in [6.07, 6.45) is 3.32. The molecule has 2 aromatic heterocycles. The maximum atomic E-state index is 13.1. The largest absolute Gasteiger partial charge is 0.285 e. The summed E-state index contributed by atoms with van der Waals surface area (Å²) in [4.78, 5) is 17.8.